The standard InChI is InChI=1S/C17H17Br2ClO/c1-21-16-8-7-15(20)9-13(16)10-17(11-18,12-19)14-5-3-2-4-6-14/h2-9H,10-12H2,1H3. The Labute approximate surface area is 147 Å². The Kier molecular flexibility index (Phi) is 6.15. The number of methoxy groups -OCH3 is 1. The van der Waals surface area contributed by atoms with Crippen LogP contribution in [-0.2, 0) is 11.8 Å². The van der Waals surface area contributed by atoms with Crippen molar-refractivity contribution in [3.05, 3.63) is 64.7 Å². The molecule has 0 fully saturated rings. The second-order valence-corrected chi connectivity index (χ2v) is 6.60. The van der Waals surface area contributed by atoms with Gasteiger partial charge in [-0.25, -0.2) is 0 Å². The van der Waals surface area contributed by atoms with Crippen molar-refractivity contribution >= 4 is 43.5 Å². The molecular weight excluding hydrogens is 415 g/mol. The average molecular weight is 433 g/mol. The van der Waals surface area contributed by atoms with Crippen LogP contribution in [0.25, 0.3) is 0 Å². The molecule has 1 nitrogen and oxygen atoms in total. The highest BCUT2D eigenvalue weighted by atomic mass is 79.9. The molecule has 0 amide bonds. The molecule has 0 aliphatic rings. The summed E-state index contributed by atoms with van der Waals surface area (Å²) in [5.74, 6) is 0.876. The van der Waals surface area contributed by atoms with Crippen LogP contribution in [-0.4, -0.2) is 17.8 Å². The molecule has 21 heavy (non-hydrogen) atoms. The lowest BCUT2D eigenvalue weighted by molar-refractivity contribution is 0.404. The van der Waals surface area contributed by atoms with E-state index in [9.17, 15) is 0 Å². The zero-order valence-electron chi connectivity index (χ0n) is 11.8. The summed E-state index contributed by atoms with van der Waals surface area (Å²) < 4.78 is 5.48. The highest BCUT2D eigenvalue weighted by molar-refractivity contribution is 9.09. The minimum absolute atomic E-state index is 0.0424. The van der Waals surface area contributed by atoms with Gasteiger partial charge in [0.15, 0.2) is 0 Å². The predicted octanol–water partition coefficient (Wildman–Crippen LogP) is 5.62. The first-order valence-corrected chi connectivity index (χ1v) is 9.27. The molecule has 4 heteroatoms. The monoisotopic (exact) mass is 430 g/mol. The van der Waals surface area contributed by atoms with Crippen LogP contribution in [0.15, 0.2) is 48.5 Å². The molecule has 0 aliphatic heterocycles. The van der Waals surface area contributed by atoms with E-state index in [0.29, 0.717) is 0 Å². The van der Waals surface area contributed by atoms with Gasteiger partial charge in [-0.05, 0) is 35.7 Å². The van der Waals surface area contributed by atoms with Crippen LogP contribution in [0, 0.1) is 0 Å². The molecule has 2 aromatic carbocycles. The SMILES string of the molecule is COc1ccc(Cl)cc1CC(CBr)(CBr)c1ccccc1. The third-order valence-corrected chi connectivity index (χ3v) is 6.05. The first-order chi connectivity index (χ1) is 10.1. The molecule has 0 atom stereocenters. The molecule has 0 radical (unpaired) electrons. The zero-order chi connectivity index (χ0) is 15.3. The van der Waals surface area contributed by atoms with Crippen LogP contribution in [0.2, 0.25) is 5.02 Å². The van der Waals surface area contributed by atoms with Crippen molar-refractivity contribution in [1.29, 1.82) is 0 Å². The fraction of sp³-hybridized carbons (Fsp3) is 0.294. The van der Waals surface area contributed by atoms with Crippen LogP contribution in [0.3, 0.4) is 0 Å². The van der Waals surface area contributed by atoms with E-state index in [0.717, 1.165) is 33.4 Å². The number of hydrogen-bond acceptors (Lipinski definition) is 1. The van der Waals surface area contributed by atoms with E-state index in [1.54, 1.807) is 7.11 Å². The van der Waals surface area contributed by atoms with Gasteiger partial charge in [-0.1, -0.05) is 73.8 Å². The van der Waals surface area contributed by atoms with Gasteiger partial charge in [-0.15, -0.1) is 0 Å². The third kappa shape index (κ3) is 3.82. The summed E-state index contributed by atoms with van der Waals surface area (Å²) in [6.45, 7) is 0. The molecule has 0 aliphatic carbocycles. The van der Waals surface area contributed by atoms with E-state index in [2.05, 4.69) is 56.1 Å². The Bertz CT molecular complexity index is 583. The van der Waals surface area contributed by atoms with E-state index in [1.807, 2.05) is 24.3 Å². The predicted molar refractivity (Wildman–Crippen MR) is 97.4 cm³/mol. The van der Waals surface area contributed by atoms with Gasteiger partial charge in [0.1, 0.15) is 5.75 Å². The third-order valence-electron chi connectivity index (χ3n) is 3.67. The van der Waals surface area contributed by atoms with Gasteiger partial charge in [0, 0.05) is 21.1 Å². The summed E-state index contributed by atoms with van der Waals surface area (Å²) >= 11 is 13.5. The largest absolute Gasteiger partial charge is 0.496 e. The first-order valence-electron chi connectivity index (χ1n) is 6.65. The molecule has 2 rings (SSSR count). The molecule has 0 heterocycles. The minimum Gasteiger partial charge on any atom is -0.496 e. The molecule has 0 bridgehead atoms. The normalized spacial score (nSPS) is 11.4. The molecule has 0 aromatic heterocycles. The molecular formula is C17H17Br2ClO. The van der Waals surface area contributed by atoms with Gasteiger partial charge < -0.3 is 4.74 Å². The van der Waals surface area contributed by atoms with Crippen molar-refractivity contribution in [3.63, 3.8) is 0 Å². The average Bonchev–Trinajstić information content (AvgIpc) is 2.54. The summed E-state index contributed by atoms with van der Waals surface area (Å²) in [5, 5.41) is 2.44. The zero-order valence-corrected chi connectivity index (χ0v) is 15.7. The molecule has 0 unspecified atom stereocenters. The van der Waals surface area contributed by atoms with Gasteiger partial charge in [-0.3, -0.25) is 0 Å². The van der Waals surface area contributed by atoms with Crippen LogP contribution in [0.4, 0.5) is 0 Å². The fourth-order valence-corrected chi connectivity index (χ4v) is 4.60. The van der Waals surface area contributed by atoms with Crippen molar-refractivity contribution in [2.24, 2.45) is 0 Å². The molecule has 0 N–H and O–H groups in total. The number of benzene rings is 2. The van der Waals surface area contributed by atoms with Crippen molar-refractivity contribution in [3.8, 4) is 5.75 Å². The van der Waals surface area contributed by atoms with Crippen LogP contribution >= 0.6 is 43.5 Å². The van der Waals surface area contributed by atoms with Gasteiger partial charge in [0.2, 0.25) is 0 Å². The number of ether oxygens (including phenoxy) is 1. The first kappa shape index (κ1) is 16.9. The Hall–Kier alpha value is -0.510. The lowest BCUT2D eigenvalue weighted by atomic mass is 9.79. The van der Waals surface area contributed by atoms with Gasteiger partial charge >= 0.3 is 0 Å². The van der Waals surface area contributed by atoms with E-state index in [4.69, 9.17) is 16.3 Å². The summed E-state index contributed by atoms with van der Waals surface area (Å²) in [6, 6.07) is 16.3. The Balaban J connectivity index is 2.44. The Morgan fingerprint density at radius 1 is 1.05 bits per heavy atom. The highest BCUT2D eigenvalue weighted by Gasteiger charge is 2.31. The summed E-state index contributed by atoms with van der Waals surface area (Å²) in [7, 11) is 1.69. The summed E-state index contributed by atoms with van der Waals surface area (Å²) in [4.78, 5) is 0. The maximum absolute atomic E-state index is 6.16. The van der Waals surface area contributed by atoms with E-state index in [1.165, 1.54) is 5.56 Å². The van der Waals surface area contributed by atoms with Gasteiger partial charge in [0.25, 0.3) is 0 Å². The van der Waals surface area contributed by atoms with E-state index < -0.39 is 0 Å². The molecule has 2 aromatic rings. The Morgan fingerprint density at radius 3 is 2.29 bits per heavy atom. The molecule has 0 saturated heterocycles. The van der Waals surface area contributed by atoms with E-state index >= 15 is 0 Å². The number of halogens is 3. The van der Waals surface area contributed by atoms with Gasteiger partial charge in [-0.2, -0.15) is 0 Å². The maximum Gasteiger partial charge on any atom is 0.122 e. The second-order valence-electron chi connectivity index (χ2n) is 5.05. The lowest BCUT2D eigenvalue weighted by Crippen LogP contribution is -2.33. The Morgan fingerprint density at radius 2 is 1.71 bits per heavy atom. The minimum atomic E-state index is -0.0424. The van der Waals surface area contributed by atoms with Crippen molar-refractivity contribution < 1.29 is 4.74 Å². The maximum atomic E-state index is 6.16. The second kappa shape index (κ2) is 7.66. The summed E-state index contributed by atoms with van der Waals surface area (Å²) in [6.07, 6.45) is 0.844. The topological polar surface area (TPSA) is 9.23 Å². The molecule has 0 saturated carbocycles. The molecule has 0 spiro atoms. The molecule has 112 valence electrons. The quantitative estimate of drug-likeness (QED) is 0.539. The van der Waals surface area contributed by atoms with Crippen LogP contribution < -0.4 is 4.74 Å². The van der Waals surface area contributed by atoms with Crippen LogP contribution in [0.5, 0.6) is 5.75 Å². The lowest BCUT2D eigenvalue weighted by Gasteiger charge is -2.31. The highest BCUT2D eigenvalue weighted by Crippen LogP contribution is 2.36. The summed E-state index contributed by atoms with van der Waals surface area (Å²) in [5.41, 5.74) is 2.37. The number of hydrogen-bond donors (Lipinski definition) is 0. The van der Waals surface area contributed by atoms with Crippen LogP contribution in [0.1, 0.15) is 11.1 Å². The smallest absolute Gasteiger partial charge is 0.122 e. The fourth-order valence-electron chi connectivity index (χ4n) is 2.43. The van der Waals surface area contributed by atoms with Crippen molar-refractivity contribution in [1.82, 2.24) is 0 Å². The van der Waals surface area contributed by atoms with E-state index in [-0.39, 0.29) is 5.41 Å². The van der Waals surface area contributed by atoms with Gasteiger partial charge in [0.05, 0.1) is 7.11 Å². The van der Waals surface area contributed by atoms with Crippen molar-refractivity contribution in [2.75, 3.05) is 17.8 Å². The van der Waals surface area contributed by atoms with Crippen molar-refractivity contribution in [2.45, 2.75) is 11.8 Å². The number of alkyl halides is 2. The number of rotatable bonds is 6.